The molecule has 6 heteroatoms. The first-order valence-corrected chi connectivity index (χ1v) is 7.40. The molecule has 2 aliphatic rings. The molecule has 23 heavy (non-hydrogen) atoms. The smallest absolute Gasteiger partial charge is 0.249 e. The summed E-state index contributed by atoms with van der Waals surface area (Å²) in [6.07, 6.45) is 0.716. The second kappa shape index (κ2) is 5.17. The Kier molecular flexibility index (Phi) is 3.12. The van der Waals surface area contributed by atoms with Crippen molar-refractivity contribution >= 4 is 5.91 Å². The normalized spacial score (nSPS) is 17.7. The molecule has 6 nitrogen and oxygen atoms in total. The number of carbonyl (C=O) groups is 1. The molecule has 0 unspecified atom stereocenters. The van der Waals surface area contributed by atoms with E-state index in [-0.39, 0.29) is 12.9 Å². The second-order valence-electron chi connectivity index (χ2n) is 5.59. The van der Waals surface area contributed by atoms with Crippen LogP contribution in [0.1, 0.15) is 15.9 Å². The van der Waals surface area contributed by atoms with E-state index in [4.69, 9.17) is 25.7 Å². The van der Waals surface area contributed by atoms with Crippen molar-refractivity contribution in [3.63, 3.8) is 0 Å². The van der Waals surface area contributed by atoms with Gasteiger partial charge >= 0.3 is 0 Å². The van der Waals surface area contributed by atoms with Crippen molar-refractivity contribution in [1.82, 2.24) is 0 Å². The second-order valence-corrected chi connectivity index (χ2v) is 5.59. The Morgan fingerprint density at radius 1 is 1.17 bits per heavy atom. The van der Waals surface area contributed by atoms with Crippen LogP contribution in [0.5, 0.6) is 17.2 Å². The number of nitrogens with two attached hydrogens (primary N) is 2. The van der Waals surface area contributed by atoms with Crippen LogP contribution < -0.4 is 25.7 Å². The van der Waals surface area contributed by atoms with Crippen molar-refractivity contribution in [3.8, 4) is 28.4 Å². The van der Waals surface area contributed by atoms with Crippen molar-refractivity contribution in [1.29, 1.82) is 0 Å². The van der Waals surface area contributed by atoms with Gasteiger partial charge in [0.25, 0.3) is 0 Å². The number of benzene rings is 2. The number of para-hydroxylation sites is 1. The summed E-state index contributed by atoms with van der Waals surface area (Å²) in [6, 6.07) is 9.24. The molecule has 2 aromatic carbocycles. The Bertz CT molecular complexity index is 803. The highest BCUT2D eigenvalue weighted by Crippen LogP contribution is 2.44. The molecule has 0 saturated heterocycles. The predicted molar refractivity (Wildman–Crippen MR) is 83.7 cm³/mol. The Hall–Kier alpha value is -2.73. The monoisotopic (exact) mass is 312 g/mol. The fourth-order valence-corrected chi connectivity index (χ4v) is 3.05. The Labute approximate surface area is 132 Å². The lowest BCUT2D eigenvalue weighted by Gasteiger charge is -2.13. The minimum Gasteiger partial charge on any atom is -0.488 e. The molecular weight excluding hydrogens is 296 g/mol. The molecule has 2 heterocycles. The van der Waals surface area contributed by atoms with Gasteiger partial charge in [-0.15, -0.1) is 0 Å². The molecule has 0 radical (unpaired) electrons. The molecule has 2 aromatic rings. The number of carbonyl (C=O) groups excluding carboxylic acids is 1. The predicted octanol–water partition coefficient (Wildman–Crippen LogP) is 1.44. The summed E-state index contributed by atoms with van der Waals surface area (Å²) >= 11 is 0. The van der Waals surface area contributed by atoms with E-state index in [1.165, 1.54) is 0 Å². The van der Waals surface area contributed by atoms with E-state index in [0.717, 1.165) is 23.3 Å². The molecule has 1 amide bonds. The summed E-state index contributed by atoms with van der Waals surface area (Å²) in [4.78, 5) is 11.9. The van der Waals surface area contributed by atoms with Gasteiger partial charge in [0.1, 0.15) is 11.9 Å². The maximum absolute atomic E-state index is 11.9. The first kappa shape index (κ1) is 13.9. The van der Waals surface area contributed by atoms with Crippen LogP contribution in [0.25, 0.3) is 11.1 Å². The maximum atomic E-state index is 11.9. The molecule has 0 fully saturated rings. The third kappa shape index (κ3) is 2.19. The van der Waals surface area contributed by atoms with Gasteiger partial charge in [0.05, 0.1) is 5.56 Å². The van der Waals surface area contributed by atoms with Crippen molar-refractivity contribution in [2.75, 3.05) is 13.3 Å². The topological polar surface area (TPSA) is 96.8 Å². The molecular formula is C17H16N2O4. The molecule has 4 N–H and O–H groups in total. The molecule has 0 aromatic heterocycles. The molecule has 2 aliphatic heterocycles. The van der Waals surface area contributed by atoms with Gasteiger partial charge in [0.2, 0.25) is 12.7 Å². The minimum atomic E-state index is -0.524. The SMILES string of the molecule is NC[C@@H]1Cc2cccc(-c3cc4c(cc3C(N)=O)OCO4)c2O1. The molecule has 118 valence electrons. The number of ether oxygens (including phenoxy) is 3. The van der Waals surface area contributed by atoms with E-state index < -0.39 is 5.91 Å². The van der Waals surface area contributed by atoms with Gasteiger partial charge in [-0.05, 0) is 17.7 Å². The molecule has 0 bridgehead atoms. The summed E-state index contributed by atoms with van der Waals surface area (Å²) in [7, 11) is 0. The number of rotatable bonds is 3. The number of hydrogen-bond donors (Lipinski definition) is 2. The van der Waals surface area contributed by atoms with Gasteiger partial charge in [0, 0.05) is 24.1 Å². The van der Waals surface area contributed by atoms with Crippen molar-refractivity contribution in [2.45, 2.75) is 12.5 Å². The van der Waals surface area contributed by atoms with Gasteiger partial charge in [-0.3, -0.25) is 4.79 Å². The van der Waals surface area contributed by atoms with Crippen LogP contribution >= 0.6 is 0 Å². The summed E-state index contributed by atoms with van der Waals surface area (Å²) in [5, 5.41) is 0. The molecule has 0 saturated carbocycles. The lowest BCUT2D eigenvalue weighted by Crippen LogP contribution is -2.24. The first-order valence-electron chi connectivity index (χ1n) is 7.40. The van der Waals surface area contributed by atoms with Crippen molar-refractivity contribution < 1.29 is 19.0 Å². The van der Waals surface area contributed by atoms with Crippen LogP contribution in [0, 0.1) is 0 Å². The highest BCUT2D eigenvalue weighted by Gasteiger charge is 2.28. The van der Waals surface area contributed by atoms with E-state index in [2.05, 4.69) is 0 Å². The van der Waals surface area contributed by atoms with E-state index in [9.17, 15) is 4.79 Å². The fraction of sp³-hybridized carbons (Fsp3) is 0.235. The standard InChI is InChI=1S/C17H16N2O4/c18-7-10-4-9-2-1-3-11(16(9)23-10)12-5-14-15(22-8-21-14)6-13(12)17(19)20/h1-3,5-6,10H,4,7-8,18H2,(H2,19,20)/t10-/m0/s1. The van der Waals surface area contributed by atoms with Crippen LogP contribution in [0.3, 0.4) is 0 Å². The lowest BCUT2D eigenvalue weighted by molar-refractivity contribution is 0.100. The quantitative estimate of drug-likeness (QED) is 0.894. The van der Waals surface area contributed by atoms with E-state index in [1.54, 1.807) is 12.1 Å². The maximum Gasteiger partial charge on any atom is 0.249 e. The van der Waals surface area contributed by atoms with Crippen molar-refractivity contribution in [3.05, 3.63) is 41.5 Å². The largest absolute Gasteiger partial charge is 0.488 e. The van der Waals surface area contributed by atoms with Gasteiger partial charge in [-0.1, -0.05) is 18.2 Å². The first-order chi connectivity index (χ1) is 11.2. The molecule has 4 rings (SSSR count). The summed E-state index contributed by atoms with van der Waals surface area (Å²) in [5.74, 6) is 1.35. The van der Waals surface area contributed by atoms with E-state index in [0.29, 0.717) is 29.2 Å². The average Bonchev–Trinajstić information content (AvgIpc) is 3.18. The third-order valence-corrected chi connectivity index (χ3v) is 4.16. The van der Waals surface area contributed by atoms with Crippen molar-refractivity contribution in [2.24, 2.45) is 11.5 Å². The molecule has 1 atom stereocenters. The Morgan fingerprint density at radius 3 is 2.70 bits per heavy atom. The molecule has 0 aliphatic carbocycles. The van der Waals surface area contributed by atoms with Gasteiger partial charge in [-0.25, -0.2) is 0 Å². The lowest BCUT2D eigenvalue weighted by atomic mass is 9.95. The van der Waals surface area contributed by atoms with Gasteiger partial charge < -0.3 is 25.7 Å². The zero-order valence-corrected chi connectivity index (χ0v) is 12.4. The number of fused-ring (bicyclic) bond motifs is 2. The van der Waals surface area contributed by atoms with Crippen LogP contribution in [0.2, 0.25) is 0 Å². The minimum absolute atomic E-state index is 0.0443. The molecule has 0 spiro atoms. The number of primary amides is 1. The summed E-state index contributed by atoms with van der Waals surface area (Å²) < 4.78 is 16.7. The highest BCUT2D eigenvalue weighted by molar-refractivity contribution is 6.01. The van der Waals surface area contributed by atoms with E-state index in [1.807, 2.05) is 18.2 Å². The Morgan fingerprint density at radius 2 is 1.96 bits per heavy atom. The fourth-order valence-electron chi connectivity index (χ4n) is 3.05. The van der Waals surface area contributed by atoms with Crippen LogP contribution in [0.4, 0.5) is 0 Å². The Balaban J connectivity index is 1.90. The number of amides is 1. The highest BCUT2D eigenvalue weighted by atomic mass is 16.7. The van der Waals surface area contributed by atoms with Crippen LogP contribution in [-0.2, 0) is 6.42 Å². The van der Waals surface area contributed by atoms with Crippen LogP contribution in [0.15, 0.2) is 30.3 Å². The van der Waals surface area contributed by atoms with Crippen LogP contribution in [-0.4, -0.2) is 25.3 Å². The van der Waals surface area contributed by atoms with Gasteiger partial charge in [-0.2, -0.15) is 0 Å². The summed E-state index contributed by atoms with van der Waals surface area (Å²) in [6.45, 7) is 0.577. The average molecular weight is 312 g/mol. The zero-order valence-electron chi connectivity index (χ0n) is 12.4. The number of hydrogen-bond acceptors (Lipinski definition) is 5. The van der Waals surface area contributed by atoms with E-state index >= 15 is 0 Å². The third-order valence-electron chi connectivity index (χ3n) is 4.16. The summed E-state index contributed by atoms with van der Waals surface area (Å²) in [5.41, 5.74) is 14.2. The zero-order chi connectivity index (χ0) is 16.0. The van der Waals surface area contributed by atoms with Gasteiger partial charge in [0.15, 0.2) is 11.5 Å².